The minimum absolute atomic E-state index is 0.129. The largest absolute Gasteiger partial charge is 0.343 e. The van der Waals surface area contributed by atoms with Crippen molar-refractivity contribution in [3.63, 3.8) is 0 Å². The van der Waals surface area contributed by atoms with Gasteiger partial charge < -0.3 is 10.6 Å². The van der Waals surface area contributed by atoms with Crippen LogP contribution in [0.15, 0.2) is 18.2 Å². The van der Waals surface area contributed by atoms with Gasteiger partial charge in [-0.1, -0.05) is 0 Å². The molecule has 0 radical (unpaired) electrons. The Morgan fingerprint density at radius 1 is 1.43 bits per heavy atom. The number of halogens is 2. The summed E-state index contributed by atoms with van der Waals surface area (Å²) in [6, 6.07) is 3.47. The Morgan fingerprint density at radius 3 is 2.83 bits per heavy atom. The first-order valence-corrected chi connectivity index (χ1v) is 8.16. The number of aryl methyl sites for hydroxylation is 1. The fraction of sp³-hybridized carbons (Fsp3) is 0.375. The van der Waals surface area contributed by atoms with Crippen LogP contribution in [0.4, 0.5) is 8.78 Å². The highest BCUT2D eigenvalue weighted by Crippen LogP contribution is 2.37. The molecular weight excluding hydrogens is 320 g/mol. The number of carbonyl (C=O) groups excluding carboxylic acids is 1. The highest BCUT2D eigenvalue weighted by molar-refractivity contribution is 7.12. The van der Waals surface area contributed by atoms with E-state index >= 15 is 0 Å². The Hall–Kier alpha value is -1.86. The third kappa shape index (κ3) is 2.98. The van der Waals surface area contributed by atoms with E-state index in [1.807, 2.05) is 6.92 Å². The molecule has 1 aromatic heterocycles. The van der Waals surface area contributed by atoms with Gasteiger partial charge in [-0.2, -0.15) is 0 Å². The van der Waals surface area contributed by atoms with Crippen LogP contribution >= 0.6 is 11.3 Å². The highest BCUT2D eigenvalue weighted by atomic mass is 32.1. The van der Waals surface area contributed by atoms with E-state index in [1.54, 1.807) is 0 Å². The molecule has 0 spiro atoms. The standard InChI is InChI=1S/C16H17F2N3OS/c1-9-14(12-4-3-11(17)7-13(12)18)20-15(23-9)16(21-10(2)22)5-6-19-8-16/h3-4,7,19H,5-6,8H2,1-2H3,(H,21,22). The van der Waals surface area contributed by atoms with E-state index in [-0.39, 0.29) is 11.5 Å². The van der Waals surface area contributed by atoms with Gasteiger partial charge in [0.15, 0.2) is 0 Å². The number of rotatable bonds is 3. The number of hydrogen-bond acceptors (Lipinski definition) is 4. The predicted molar refractivity (Wildman–Crippen MR) is 85.2 cm³/mol. The van der Waals surface area contributed by atoms with Gasteiger partial charge in [0, 0.05) is 30.0 Å². The van der Waals surface area contributed by atoms with Crippen molar-refractivity contribution >= 4 is 17.2 Å². The zero-order valence-electron chi connectivity index (χ0n) is 12.9. The van der Waals surface area contributed by atoms with Crippen LogP contribution in [0.1, 0.15) is 23.2 Å². The number of carbonyl (C=O) groups is 1. The van der Waals surface area contributed by atoms with Gasteiger partial charge in [-0.3, -0.25) is 4.79 Å². The predicted octanol–water partition coefficient (Wildman–Crippen LogP) is 2.72. The first kappa shape index (κ1) is 16.0. The summed E-state index contributed by atoms with van der Waals surface area (Å²) in [7, 11) is 0. The molecule has 122 valence electrons. The maximum absolute atomic E-state index is 14.1. The molecule has 2 heterocycles. The fourth-order valence-electron chi connectivity index (χ4n) is 2.90. The number of amides is 1. The maximum Gasteiger partial charge on any atom is 0.217 e. The molecule has 1 aromatic carbocycles. The molecule has 23 heavy (non-hydrogen) atoms. The molecule has 2 aromatic rings. The Balaban J connectivity index is 2.04. The van der Waals surface area contributed by atoms with Crippen LogP contribution in [0, 0.1) is 18.6 Å². The van der Waals surface area contributed by atoms with Gasteiger partial charge in [-0.05, 0) is 32.0 Å². The van der Waals surface area contributed by atoms with Gasteiger partial charge in [-0.25, -0.2) is 13.8 Å². The topological polar surface area (TPSA) is 54.0 Å². The number of nitrogens with one attached hydrogen (secondary N) is 2. The molecule has 2 N–H and O–H groups in total. The lowest BCUT2D eigenvalue weighted by atomic mass is 9.99. The quantitative estimate of drug-likeness (QED) is 0.905. The summed E-state index contributed by atoms with van der Waals surface area (Å²) in [5.74, 6) is -1.38. The van der Waals surface area contributed by atoms with Crippen molar-refractivity contribution in [1.82, 2.24) is 15.6 Å². The molecule has 4 nitrogen and oxygen atoms in total. The van der Waals surface area contributed by atoms with E-state index in [0.717, 1.165) is 28.9 Å². The number of aromatic nitrogens is 1. The maximum atomic E-state index is 14.1. The molecule has 7 heteroatoms. The Kier molecular flexibility index (Phi) is 4.16. The number of benzene rings is 1. The monoisotopic (exact) mass is 337 g/mol. The van der Waals surface area contributed by atoms with Crippen molar-refractivity contribution in [3.05, 3.63) is 39.7 Å². The van der Waals surface area contributed by atoms with Gasteiger partial charge in [0.1, 0.15) is 22.2 Å². The molecule has 0 saturated carbocycles. The fourth-order valence-corrected chi connectivity index (χ4v) is 4.00. The molecular formula is C16H17F2N3OS. The number of nitrogens with zero attached hydrogens (tertiary/aromatic N) is 1. The molecule has 1 saturated heterocycles. The molecule has 0 bridgehead atoms. The summed E-state index contributed by atoms with van der Waals surface area (Å²) in [5.41, 5.74) is 0.213. The van der Waals surface area contributed by atoms with Crippen LogP contribution < -0.4 is 10.6 Å². The molecule has 1 aliphatic rings. The molecule has 3 rings (SSSR count). The number of thiazole rings is 1. The molecule has 0 aliphatic carbocycles. The van der Waals surface area contributed by atoms with Gasteiger partial charge in [0.25, 0.3) is 0 Å². The van der Waals surface area contributed by atoms with E-state index in [1.165, 1.54) is 30.4 Å². The zero-order valence-corrected chi connectivity index (χ0v) is 13.7. The summed E-state index contributed by atoms with van der Waals surface area (Å²) in [4.78, 5) is 17.0. The van der Waals surface area contributed by atoms with Crippen molar-refractivity contribution in [2.24, 2.45) is 0 Å². The van der Waals surface area contributed by atoms with Crippen LogP contribution in [0.25, 0.3) is 11.3 Å². The minimum atomic E-state index is -0.636. The Morgan fingerprint density at radius 2 is 2.22 bits per heavy atom. The third-order valence-corrected chi connectivity index (χ3v) is 5.14. The van der Waals surface area contributed by atoms with Crippen molar-refractivity contribution in [2.75, 3.05) is 13.1 Å². The summed E-state index contributed by atoms with van der Waals surface area (Å²) < 4.78 is 27.2. The van der Waals surface area contributed by atoms with Gasteiger partial charge >= 0.3 is 0 Å². The smallest absolute Gasteiger partial charge is 0.217 e. The normalized spacial score (nSPS) is 20.7. The lowest BCUT2D eigenvalue weighted by Crippen LogP contribution is -2.46. The van der Waals surface area contributed by atoms with E-state index in [2.05, 4.69) is 15.6 Å². The Labute approximate surface area is 136 Å². The average Bonchev–Trinajstić information content (AvgIpc) is 3.06. The van der Waals surface area contributed by atoms with E-state index < -0.39 is 17.2 Å². The summed E-state index contributed by atoms with van der Waals surface area (Å²) in [6.45, 7) is 4.69. The summed E-state index contributed by atoms with van der Waals surface area (Å²) in [6.07, 6.45) is 0.727. The molecule has 1 fully saturated rings. The average molecular weight is 337 g/mol. The second-order valence-corrected chi connectivity index (χ2v) is 6.94. The van der Waals surface area contributed by atoms with Crippen LogP contribution in [0.5, 0.6) is 0 Å². The van der Waals surface area contributed by atoms with Crippen LogP contribution in [-0.4, -0.2) is 24.0 Å². The first-order chi connectivity index (χ1) is 10.9. The molecule has 1 aliphatic heterocycles. The zero-order chi connectivity index (χ0) is 16.6. The van der Waals surface area contributed by atoms with Gasteiger partial charge in [0.05, 0.1) is 5.69 Å². The Bertz CT molecular complexity index is 754. The SMILES string of the molecule is CC(=O)NC1(c2nc(-c3ccc(F)cc3F)c(C)s2)CCNC1. The van der Waals surface area contributed by atoms with E-state index in [9.17, 15) is 13.6 Å². The van der Waals surface area contributed by atoms with E-state index in [0.29, 0.717) is 12.2 Å². The van der Waals surface area contributed by atoms with Crippen molar-refractivity contribution in [2.45, 2.75) is 25.8 Å². The second-order valence-electron chi connectivity index (χ2n) is 5.74. The highest BCUT2D eigenvalue weighted by Gasteiger charge is 2.39. The van der Waals surface area contributed by atoms with Crippen LogP contribution in [0.2, 0.25) is 0 Å². The second kappa shape index (κ2) is 5.98. The van der Waals surface area contributed by atoms with Gasteiger partial charge in [-0.15, -0.1) is 11.3 Å². The summed E-state index contributed by atoms with van der Waals surface area (Å²) >= 11 is 1.43. The van der Waals surface area contributed by atoms with E-state index in [4.69, 9.17) is 0 Å². The van der Waals surface area contributed by atoms with Crippen molar-refractivity contribution in [3.8, 4) is 11.3 Å². The first-order valence-electron chi connectivity index (χ1n) is 7.34. The summed E-state index contributed by atoms with van der Waals surface area (Å²) in [5, 5.41) is 6.96. The molecule has 1 amide bonds. The van der Waals surface area contributed by atoms with Crippen LogP contribution in [0.3, 0.4) is 0 Å². The van der Waals surface area contributed by atoms with Gasteiger partial charge in [0.2, 0.25) is 5.91 Å². The van der Waals surface area contributed by atoms with Crippen molar-refractivity contribution < 1.29 is 13.6 Å². The third-order valence-electron chi connectivity index (χ3n) is 3.96. The number of hydrogen-bond donors (Lipinski definition) is 2. The molecule has 1 atom stereocenters. The molecule has 1 unspecified atom stereocenters. The van der Waals surface area contributed by atoms with Crippen molar-refractivity contribution in [1.29, 1.82) is 0 Å². The van der Waals surface area contributed by atoms with Crippen LogP contribution in [-0.2, 0) is 10.3 Å². The minimum Gasteiger partial charge on any atom is -0.343 e. The lowest BCUT2D eigenvalue weighted by molar-refractivity contribution is -0.120. The lowest BCUT2D eigenvalue weighted by Gasteiger charge is -2.26.